The minimum atomic E-state index is -0.0871. The lowest BCUT2D eigenvalue weighted by Crippen LogP contribution is -2.51. The molecule has 0 unspecified atom stereocenters. The highest BCUT2D eigenvalue weighted by molar-refractivity contribution is 5.94. The smallest absolute Gasteiger partial charge is 0.253 e. The molecule has 0 bridgehead atoms. The van der Waals surface area contributed by atoms with E-state index >= 15 is 0 Å². The Kier molecular flexibility index (Phi) is 6.18. The summed E-state index contributed by atoms with van der Waals surface area (Å²) in [6.07, 6.45) is 0. The number of phenolic OH excluding ortho intramolecular Hbond substituents is 1. The normalized spacial score (nSPS) is 15.6. The van der Waals surface area contributed by atoms with E-state index in [-0.39, 0.29) is 23.6 Å². The van der Waals surface area contributed by atoms with Crippen LogP contribution in [0.5, 0.6) is 5.75 Å². The number of carbonyl (C=O) groups excluding carboxylic acids is 2. The predicted molar refractivity (Wildman–Crippen MR) is 121 cm³/mol. The van der Waals surface area contributed by atoms with Gasteiger partial charge >= 0.3 is 0 Å². The fraction of sp³-hybridized carbons (Fsp3) is 0.280. The van der Waals surface area contributed by atoms with Crippen LogP contribution < -0.4 is 5.32 Å². The summed E-state index contributed by atoms with van der Waals surface area (Å²) >= 11 is 0. The number of phenols is 1. The molecule has 1 fully saturated rings. The quantitative estimate of drug-likeness (QED) is 0.669. The lowest BCUT2D eigenvalue weighted by Gasteiger charge is -2.34. The van der Waals surface area contributed by atoms with Crippen molar-refractivity contribution in [2.75, 3.05) is 32.7 Å². The number of rotatable bonds is 5. The second kappa shape index (κ2) is 9.18. The minimum absolute atomic E-state index is 0.0151. The highest BCUT2D eigenvalue weighted by Gasteiger charge is 2.24. The average Bonchev–Trinajstić information content (AvgIpc) is 2.79. The third-order valence-corrected chi connectivity index (χ3v) is 5.81. The molecule has 2 amide bonds. The maximum Gasteiger partial charge on any atom is 0.253 e. The molecule has 2 N–H and O–H groups in total. The van der Waals surface area contributed by atoms with E-state index < -0.39 is 0 Å². The van der Waals surface area contributed by atoms with E-state index in [9.17, 15) is 14.7 Å². The minimum Gasteiger partial charge on any atom is -0.508 e. The zero-order chi connectivity index (χ0) is 21.8. The Labute approximate surface area is 182 Å². The van der Waals surface area contributed by atoms with Crippen LogP contribution in [0.3, 0.4) is 0 Å². The van der Waals surface area contributed by atoms with E-state index in [1.165, 1.54) is 12.1 Å². The summed E-state index contributed by atoms with van der Waals surface area (Å²) < 4.78 is 0. The lowest BCUT2D eigenvalue weighted by molar-refractivity contribution is -0.123. The Hall–Kier alpha value is -3.38. The van der Waals surface area contributed by atoms with Crippen LogP contribution in [0.2, 0.25) is 0 Å². The fourth-order valence-electron chi connectivity index (χ4n) is 4.09. The van der Waals surface area contributed by atoms with Crippen LogP contribution >= 0.6 is 0 Å². The van der Waals surface area contributed by atoms with Gasteiger partial charge in [0, 0.05) is 31.7 Å². The van der Waals surface area contributed by atoms with E-state index in [1.54, 1.807) is 17.0 Å². The fourth-order valence-corrected chi connectivity index (χ4v) is 4.09. The number of nitrogens with one attached hydrogen (secondary N) is 1. The predicted octanol–water partition coefficient (Wildman–Crippen LogP) is 3.18. The number of hydrogen-bond donors (Lipinski definition) is 2. The molecule has 1 aliphatic heterocycles. The first kappa shape index (κ1) is 20.9. The summed E-state index contributed by atoms with van der Waals surface area (Å²) in [6, 6.07) is 20.5. The molecular formula is C25H27N3O3. The van der Waals surface area contributed by atoms with Gasteiger partial charge in [-0.1, -0.05) is 42.5 Å². The number of piperazine rings is 1. The van der Waals surface area contributed by atoms with Crippen molar-refractivity contribution in [3.63, 3.8) is 0 Å². The number of nitrogens with zero attached hydrogens (tertiary/aromatic N) is 2. The Balaban J connectivity index is 1.30. The van der Waals surface area contributed by atoms with Crippen LogP contribution in [-0.4, -0.2) is 59.4 Å². The van der Waals surface area contributed by atoms with Crippen molar-refractivity contribution in [2.45, 2.75) is 13.0 Å². The second-order valence-corrected chi connectivity index (χ2v) is 7.97. The molecule has 1 aliphatic rings. The Morgan fingerprint density at radius 3 is 2.35 bits per heavy atom. The third kappa shape index (κ3) is 4.86. The molecule has 3 aromatic rings. The average molecular weight is 418 g/mol. The van der Waals surface area contributed by atoms with Crippen LogP contribution in [0.4, 0.5) is 0 Å². The number of fused-ring (bicyclic) bond motifs is 1. The molecule has 0 spiro atoms. The van der Waals surface area contributed by atoms with Crippen LogP contribution in [0.25, 0.3) is 10.8 Å². The third-order valence-electron chi connectivity index (χ3n) is 5.81. The molecule has 0 radical (unpaired) electrons. The highest BCUT2D eigenvalue weighted by Crippen LogP contribution is 2.24. The van der Waals surface area contributed by atoms with Crippen LogP contribution in [-0.2, 0) is 4.79 Å². The summed E-state index contributed by atoms with van der Waals surface area (Å²) in [5.41, 5.74) is 1.67. The summed E-state index contributed by atoms with van der Waals surface area (Å²) in [5.74, 6) is 0.0811. The van der Waals surface area contributed by atoms with Gasteiger partial charge in [0.1, 0.15) is 5.75 Å². The van der Waals surface area contributed by atoms with Gasteiger partial charge in [0.05, 0.1) is 12.6 Å². The van der Waals surface area contributed by atoms with Gasteiger partial charge in [-0.2, -0.15) is 0 Å². The lowest BCUT2D eigenvalue weighted by atomic mass is 10.00. The van der Waals surface area contributed by atoms with Crippen LogP contribution in [0.1, 0.15) is 28.9 Å². The zero-order valence-electron chi connectivity index (χ0n) is 17.6. The molecule has 6 heteroatoms. The van der Waals surface area contributed by atoms with Gasteiger partial charge in [0.15, 0.2) is 0 Å². The van der Waals surface area contributed by atoms with E-state index in [2.05, 4.69) is 34.5 Å². The number of hydrogen-bond acceptors (Lipinski definition) is 4. The van der Waals surface area contributed by atoms with Crippen molar-refractivity contribution in [2.24, 2.45) is 0 Å². The molecule has 3 aromatic carbocycles. The molecule has 0 aliphatic carbocycles. The van der Waals surface area contributed by atoms with Gasteiger partial charge in [-0.05, 0) is 47.5 Å². The first-order valence-corrected chi connectivity index (χ1v) is 10.6. The van der Waals surface area contributed by atoms with E-state index in [4.69, 9.17) is 0 Å². The van der Waals surface area contributed by atoms with Crippen LogP contribution in [0, 0.1) is 0 Å². The summed E-state index contributed by atoms with van der Waals surface area (Å²) in [7, 11) is 0. The summed E-state index contributed by atoms with van der Waals surface area (Å²) in [4.78, 5) is 29.1. The van der Waals surface area contributed by atoms with Gasteiger partial charge in [-0.3, -0.25) is 14.5 Å². The molecule has 6 nitrogen and oxygen atoms in total. The van der Waals surface area contributed by atoms with Gasteiger partial charge in [0.2, 0.25) is 5.91 Å². The van der Waals surface area contributed by atoms with Crippen molar-refractivity contribution in [3.05, 3.63) is 77.9 Å². The molecule has 1 saturated heterocycles. The van der Waals surface area contributed by atoms with E-state index in [0.717, 1.165) is 16.3 Å². The summed E-state index contributed by atoms with van der Waals surface area (Å²) in [5, 5.41) is 14.8. The van der Waals surface area contributed by atoms with Crippen molar-refractivity contribution in [3.8, 4) is 5.75 Å². The maximum absolute atomic E-state index is 12.6. The number of aromatic hydroxyl groups is 1. The monoisotopic (exact) mass is 417 g/mol. The Bertz CT molecular complexity index is 1070. The first-order chi connectivity index (χ1) is 15.0. The second-order valence-electron chi connectivity index (χ2n) is 7.97. The van der Waals surface area contributed by atoms with Crippen LogP contribution in [0.15, 0.2) is 66.7 Å². The van der Waals surface area contributed by atoms with Gasteiger partial charge < -0.3 is 15.3 Å². The number of benzene rings is 3. The van der Waals surface area contributed by atoms with Crippen molar-refractivity contribution in [1.29, 1.82) is 0 Å². The SMILES string of the molecule is C[C@@H](NC(=O)CN1CCN(C(=O)c2ccc(O)cc2)CC1)c1cccc2ccccc12. The van der Waals surface area contributed by atoms with Crippen molar-refractivity contribution < 1.29 is 14.7 Å². The molecule has 1 heterocycles. The number of amides is 2. The highest BCUT2D eigenvalue weighted by atomic mass is 16.3. The van der Waals surface area contributed by atoms with Gasteiger partial charge in [-0.15, -0.1) is 0 Å². The van der Waals surface area contributed by atoms with E-state index in [0.29, 0.717) is 38.3 Å². The first-order valence-electron chi connectivity index (χ1n) is 10.6. The molecule has 31 heavy (non-hydrogen) atoms. The Morgan fingerprint density at radius 2 is 1.61 bits per heavy atom. The van der Waals surface area contributed by atoms with Crippen molar-refractivity contribution in [1.82, 2.24) is 15.1 Å². The molecule has 0 aromatic heterocycles. The molecule has 160 valence electrons. The van der Waals surface area contributed by atoms with Gasteiger partial charge in [-0.25, -0.2) is 0 Å². The number of carbonyl (C=O) groups is 2. The summed E-state index contributed by atoms with van der Waals surface area (Å²) in [6.45, 7) is 4.78. The largest absolute Gasteiger partial charge is 0.508 e. The Morgan fingerprint density at radius 1 is 0.935 bits per heavy atom. The topological polar surface area (TPSA) is 72.9 Å². The molecular weight excluding hydrogens is 390 g/mol. The van der Waals surface area contributed by atoms with E-state index in [1.807, 2.05) is 25.1 Å². The zero-order valence-corrected chi connectivity index (χ0v) is 17.6. The molecule has 1 atom stereocenters. The van der Waals surface area contributed by atoms with Crippen molar-refractivity contribution >= 4 is 22.6 Å². The molecule has 4 rings (SSSR count). The van der Waals surface area contributed by atoms with Gasteiger partial charge in [0.25, 0.3) is 5.91 Å². The molecule has 0 saturated carbocycles. The maximum atomic E-state index is 12.6. The standard InChI is InChI=1S/C25H27N3O3/c1-18(22-8-4-6-19-5-2-3-7-23(19)22)26-24(30)17-27-13-15-28(16-14-27)25(31)20-9-11-21(29)12-10-20/h2-12,18,29H,13-17H2,1H3,(H,26,30)/t18-/m1/s1.